The lowest BCUT2D eigenvalue weighted by Gasteiger charge is -2.08. The molecule has 0 fully saturated rings. The second kappa shape index (κ2) is 8.70. The number of aromatic nitrogens is 2. The van der Waals surface area contributed by atoms with Gasteiger partial charge in [-0.15, -0.1) is 0 Å². The van der Waals surface area contributed by atoms with Crippen LogP contribution in [-0.4, -0.2) is 22.4 Å². The van der Waals surface area contributed by atoms with Crippen molar-refractivity contribution in [2.45, 2.75) is 26.2 Å². The molecule has 0 aliphatic carbocycles. The lowest BCUT2D eigenvalue weighted by molar-refractivity contribution is 0.0947. The maximum Gasteiger partial charge on any atom is 0.271 e. The third kappa shape index (κ3) is 5.37. The molecule has 0 radical (unpaired) electrons. The predicted molar refractivity (Wildman–Crippen MR) is 93.6 cm³/mol. The van der Waals surface area contributed by atoms with Crippen molar-refractivity contribution in [3.05, 3.63) is 46.3 Å². The maximum absolute atomic E-state index is 11.9. The normalized spacial score (nSPS) is 10.4. The first kappa shape index (κ1) is 17.5. The summed E-state index contributed by atoms with van der Waals surface area (Å²) < 4.78 is 0. The number of carbonyl (C=O) groups excluding carboxylic acids is 1. The minimum atomic E-state index is -0.221. The first-order chi connectivity index (χ1) is 11.1. The topological polar surface area (TPSA) is 66.9 Å². The average molecular weight is 353 g/mol. The van der Waals surface area contributed by atoms with Crippen molar-refractivity contribution >= 4 is 40.6 Å². The molecule has 1 amide bonds. The molecule has 2 aromatic rings. The van der Waals surface area contributed by atoms with E-state index in [4.69, 9.17) is 23.2 Å². The molecule has 0 saturated heterocycles. The van der Waals surface area contributed by atoms with Crippen LogP contribution in [0.2, 0.25) is 10.0 Å². The van der Waals surface area contributed by atoms with Crippen LogP contribution in [0.1, 0.15) is 36.7 Å². The Morgan fingerprint density at radius 3 is 2.70 bits per heavy atom. The predicted octanol–water partition coefficient (Wildman–Crippen LogP) is 4.45. The number of benzene rings is 1. The van der Waals surface area contributed by atoms with E-state index in [0.29, 0.717) is 28.1 Å². The molecule has 1 aromatic carbocycles. The summed E-state index contributed by atoms with van der Waals surface area (Å²) in [5.74, 6) is 0.262. The smallest absolute Gasteiger partial charge is 0.271 e. The molecule has 122 valence electrons. The van der Waals surface area contributed by atoms with E-state index in [0.717, 1.165) is 19.3 Å². The Morgan fingerprint density at radius 1 is 1.17 bits per heavy atom. The van der Waals surface area contributed by atoms with Crippen LogP contribution in [0.3, 0.4) is 0 Å². The van der Waals surface area contributed by atoms with Gasteiger partial charge in [-0.2, -0.15) is 0 Å². The third-order valence-corrected chi connectivity index (χ3v) is 3.71. The van der Waals surface area contributed by atoms with E-state index >= 15 is 0 Å². The molecule has 5 nitrogen and oxygen atoms in total. The van der Waals surface area contributed by atoms with Crippen molar-refractivity contribution in [1.29, 1.82) is 0 Å². The van der Waals surface area contributed by atoms with Crippen LogP contribution in [0.15, 0.2) is 30.6 Å². The highest BCUT2D eigenvalue weighted by molar-refractivity contribution is 6.35. The van der Waals surface area contributed by atoms with E-state index in [9.17, 15) is 4.79 Å². The van der Waals surface area contributed by atoms with Gasteiger partial charge in [-0.1, -0.05) is 43.0 Å². The Labute approximate surface area is 145 Å². The summed E-state index contributed by atoms with van der Waals surface area (Å²) >= 11 is 12.0. The molecule has 0 saturated carbocycles. The summed E-state index contributed by atoms with van der Waals surface area (Å²) in [6.07, 6.45) is 6.08. The Bertz CT molecular complexity index is 662. The van der Waals surface area contributed by atoms with Gasteiger partial charge in [0, 0.05) is 11.6 Å². The Balaban J connectivity index is 1.96. The summed E-state index contributed by atoms with van der Waals surface area (Å²) in [5.41, 5.74) is 0.912. The van der Waals surface area contributed by atoms with Gasteiger partial charge in [0.15, 0.2) is 0 Å². The van der Waals surface area contributed by atoms with E-state index in [-0.39, 0.29) is 11.6 Å². The number of nitrogens with one attached hydrogen (secondary N) is 2. The van der Waals surface area contributed by atoms with E-state index in [1.165, 1.54) is 12.4 Å². The molecule has 23 heavy (non-hydrogen) atoms. The summed E-state index contributed by atoms with van der Waals surface area (Å²) in [6.45, 7) is 2.76. The van der Waals surface area contributed by atoms with Gasteiger partial charge in [0.25, 0.3) is 5.91 Å². The average Bonchev–Trinajstić information content (AvgIpc) is 2.55. The number of anilines is 2. The SMILES string of the molecule is CCCCCNC(=O)c1cnc(Nc2cc(Cl)ccc2Cl)cn1. The fourth-order valence-electron chi connectivity index (χ4n) is 1.91. The monoisotopic (exact) mass is 352 g/mol. The molecule has 0 aliphatic rings. The molecule has 1 aromatic heterocycles. The van der Waals surface area contributed by atoms with Crippen molar-refractivity contribution in [2.75, 3.05) is 11.9 Å². The molecular weight excluding hydrogens is 335 g/mol. The summed E-state index contributed by atoms with van der Waals surface area (Å²) in [7, 11) is 0. The summed E-state index contributed by atoms with van der Waals surface area (Å²) in [5, 5.41) is 6.92. The number of halogens is 2. The van der Waals surface area contributed by atoms with Gasteiger partial charge in [-0.3, -0.25) is 4.79 Å². The standard InChI is InChI=1S/C16H18Cl2N4O/c1-2-3-4-7-19-16(23)14-9-21-15(10-20-14)22-13-8-11(17)5-6-12(13)18/h5-6,8-10H,2-4,7H2,1H3,(H,19,23)(H,21,22). The minimum Gasteiger partial charge on any atom is -0.351 e. The van der Waals surface area contributed by atoms with Crippen molar-refractivity contribution in [3.8, 4) is 0 Å². The van der Waals surface area contributed by atoms with Crippen molar-refractivity contribution < 1.29 is 4.79 Å². The van der Waals surface area contributed by atoms with E-state index < -0.39 is 0 Å². The molecule has 0 unspecified atom stereocenters. The zero-order valence-electron chi connectivity index (χ0n) is 12.8. The molecule has 7 heteroatoms. The van der Waals surface area contributed by atoms with Gasteiger partial charge in [0.1, 0.15) is 11.5 Å². The molecule has 2 N–H and O–H groups in total. The quantitative estimate of drug-likeness (QED) is 0.722. The zero-order valence-corrected chi connectivity index (χ0v) is 14.3. The van der Waals surface area contributed by atoms with Gasteiger partial charge < -0.3 is 10.6 Å². The summed E-state index contributed by atoms with van der Waals surface area (Å²) in [6, 6.07) is 5.09. The van der Waals surface area contributed by atoms with Gasteiger partial charge >= 0.3 is 0 Å². The van der Waals surface area contributed by atoms with Crippen LogP contribution in [0.4, 0.5) is 11.5 Å². The number of amides is 1. The molecule has 0 spiro atoms. The lowest BCUT2D eigenvalue weighted by atomic mass is 10.2. The van der Waals surface area contributed by atoms with Crippen LogP contribution in [0.5, 0.6) is 0 Å². The van der Waals surface area contributed by atoms with Crippen molar-refractivity contribution in [3.63, 3.8) is 0 Å². The maximum atomic E-state index is 11.9. The first-order valence-electron chi connectivity index (χ1n) is 7.42. The second-order valence-electron chi connectivity index (χ2n) is 5.00. The van der Waals surface area contributed by atoms with Crippen molar-refractivity contribution in [2.24, 2.45) is 0 Å². The van der Waals surface area contributed by atoms with E-state index in [2.05, 4.69) is 27.5 Å². The van der Waals surface area contributed by atoms with Crippen LogP contribution in [0, 0.1) is 0 Å². The Hall–Kier alpha value is -1.85. The molecular formula is C16H18Cl2N4O. The third-order valence-electron chi connectivity index (χ3n) is 3.14. The van der Waals surface area contributed by atoms with Gasteiger partial charge in [0.2, 0.25) is 0 Å². The van der Waals surface area contributed by atoms with Crippen LogP contribution in [-0.2, 0) is 0 Å². The molecule has 1 heterocycles. The van der Waals surface area contributed by atoms with E-state index in [1.807, 2.05) is 0 Å². The lowest BCUT2D eigenvalue weighted by Crippen LogP contribution is -2.25. The van der Waals surface area contributed by atoms with Crippen molar-refractivity contribution in [1.82, 2.24) is 15.3 Å². The molecule has 0 aliphatic heterocycles. The number of rotatable bonds is 7. The van der Waals surface area contributed by atoms with Crippen LogP contribution >= 0.6 is 23.2 Å². The number of hydrogen-bond donors (Lipinski definition) is 2. The fourth-order valence-corrected chi connectivity index (χ4v) is 2.25. The highest BCUT2D eigenvalue weighted by atomic mass is 35.5. The fraction of sp³-hybridized carbons (Fsp3) is 0.312. The number of unbranched alkanes of at least 4 members (excludes halogenated alkanes) is 2. The Morgan fingerprint density at radius 2 is 2.00 bits per heavy atom. The highest BCUT2D eigenvalue weighted by Crippen LogP contribution is 2.27. The van der Waals surface area contributed by atoms with Gasteiger partial charge in [0.05, 0.1) is 23.1 Å². The van der Waals surface area contributed by atoms with Gasteiger partial charge in [-0.25, -0.2) is 9.97 Å². The Kier molecular flexibility index (Phi) is 6.62. The van der Waals surface area contributed by atoms with Crippen LogP contribution in [0.25, 0.3) is 0 Å². The van der Waals surface area contributed by atoms with E-state index in [1.54, 1.807) is 18.2 Å². The number of hydrogen-bond acceptors (Lipinski definition) is 4. The molecule has 0 bridgehead atoms. The zero-order chi connectivity index (χ0) is 16.7. The summed E-state index contributed by atoms with van der Waals surface area (Å²) in [4.78, 5) is 20.2. The second-order valence-corrected chi connectivity index (χ2v) is 5.84. The highest BCUT2D eigenvalue weighted by Gasteiger charge is 2.08. The number of carbonyl (C=O) groups is 1. The van der Waals surface area contributed by atoms with Gasteiger partial charge in [-0.05, 0) is 24.6 Å². The first-order valence-corrected chi connectivity index (χ1v) is 8.18. The largest absolute Gasteiger partial charge is 0.351 e. The minimum absolute atomic E-state index is 0.221. The molecule has 0 atom stereocenters. The number of nitrogens with zero attached hydrogens (tertiary/aromatic N) is 2. The van der Waals surface area contributed by atoms with Crippen LogP contribution < -0.4 is 10.6 Å². The molecule has 2 rings (SSSR count).